The molecule has 0 saturated heterocycles. The van der Waals surface area contributed by atoms with E-state index in [1.165, 1.54) is 37.1 Å². The Bertz CT molecular complexity index is 1390. The lowest BCUT2D eigenvalue weighted by Gasteiger charge is -2.12. The van der Waals surface area contributed by atoms with Gasteiger partial charge in [0.1, 0.15) is 29.4 Å². The molecule has 0 unspecified atom stereocenters. The molecule has 0 aliphatic carbocycles. The van der Waals surface area contributed by atoms with E-state index in [1.807, 2.05) is 6.07 Å². The Balaban J connectivity index is 1.90. The molecule has 0 bridgehead atoms. The van der Waals surface area contributed by atoms with Gasteiger partial charge >= 0.3 is 11.9 Å². The summed E-state index contributed by atoms with van der Waals surface area (Å²) >= 11 is 6.05. The van der Waals surface area contributed by atoms with E-state index in [-0.39, 0.29) is 34.9 Å². The van der Waals surface area contributed by atoms with Crippen LogP contribution < -0.4 is 4.74 Å². The van der Waals surface area contributed by atoms with Crippen molar-refractivity contribution in [3.63, 3.8) is 0 Å². The fraction of sp³-hybridized carbons (Fsp3) is 0.115. The van der Waals surface area contributed by atoms with Gasteiger partial charge in [0.15, 0.2) is 5.69 Å². The van der Waals surface area contributed by atoms with Crippen molar-refractivity contribution in [2.45, 2.75) is 6.61 Å². The van der Waals surface area contributed by atoms with Crippen molar-refractivity contribution in [3.05, 3.63) is 100 Å². The van der Waals surface area contributed by atoms with Crippen LogP contribution in [-0.4, -0.2) is 35.9 Å². The van der Waals surface area contributed by atoms with E-state index in [0.29, 0.717) is 10.7 Å². The summed E-state index contributed by atoms with van der Waals surface area (Å²) in [6, 6.07) is 19.6. The van der Waals surface area contributed by atoms with E-state index >= 15 is 0 Å². The second-order valence-corrected chi connectivity index (χ2v) is 7.80. The third-order valence-electron chi connectivity index (χ3n) is 5.14. The summed E-state index contributed by atoms with van der Waals surface area (Å²) in [6.07, 6.45) is 0. The summed E-state index contributed by atoms with van der Waals surface area (Å²) in [6.45, 7) is 0.0772. The van der Waals surface area contributed by atoms with Crippen molar-refractivity contribution in [1.29, 1.82) is 0 Å². The Labute approximate surface area is 205 Å². The predicted octanol–water partition coefficient (Wildman–Crippen LogP) is 5.48. The first kappa shape index (κ1) is 24.0. The number of hydrogen-bond donors (Lipinski definition) is 0. The molecule has 1 aromatic heterocycles. The van der Waals surface area contributed by atoms with Crippen LogP contribution in [0.15, 0.2) is 72.8 Å². The number of ether oxygens (including phenoxy) is 3. The van der Waals surface area contributed by atoms with E-state index in [1.54, 1.807) is 48.5 Å². The highest BCUT2D eigenvalue weighted by Gasteiger charge is 2.32. The molecule has 0 atom stereocenters. The van der Waals surface area contributed by atoms with Crippen molar-refractivity contribution in [1.82, 2.24) is 9.78 Å². The SMILES string of the molecule is COC(=O)c1c(-c2ccc(F)cc2OCc2cccc(Cl)c2)nn(-c2ccccc2)c1C(=O)OC. The van der Waals surface area contributed by atoms with Gasteiger partial charge in [0.2, 0.25) is 0 Å². The average Bonchev–Trinajstić information content (AvgIpc) is 3.27. The lowest BCUT2D eigenvalue weighted by Crippen LogP contribution is -2.15. The number of hydrogen-bond acceptors (Lipinski definition) is 6. The zero-order valence-electron chi connectivity index (χ0n) is 18.8. The maximum absolute atomic E-state index is 14.2. The topological polar surface area (TPSA) is 79.7 Å². The lowest BCUT2D eigenvalue weighted by atomic mass is 10.0. The van der Waals surface area contributed by atoms with Crippen LogP contribution in [0.2, 0.25) is 5.02 Å². The van der Waals surface area contributed by atoms with Gasteiger partial charge < -0.3 is 14.2 Å². The maximum atomic E-state index is 14.2. The number of para-hydroxylation sites is 1. The van der Waals surface area contributed by atoms with Crippen LogP contribution >= 0.6 is 11.6 Å². The van der Waals surface area contributed by atoms with Crippen LogP contribution in [-0.2, 0) is 16.1 Å². The Morgan fingerprint density at radius 2 is 1.69 bits per heavy atom. The van der Waals surface area contributed by atoms with Crippen molar-refractivity contribution in [2.75, 3.05) is 14.2 Å². The monoisotopic (exact) mass is 494 g/mol. The number of carbonyl (C=O) groups is 2. The summed E-state index contributed by atoms with van der Waals surface area (Å²) in [5.74, 6) is -2.04. The minimum atomic E-state index is -0.812. The summed E-state index contributed by atoms with van der Waals surface area (Å²) in [5, 5.41) is 5.07. The molecule has 0 fully saturated rings. The third kappa shape index (κ3) is 5.02. The van der Waals surface area contributed by atoms with Crippen molar-refractivity contribution >= 4 is 23.5 Å². The summed E-state index contributed by atoms with van der Waals surface area (Å²) < 4.78 is 31.3. The Kier molecular flexibility index (Phi) is 7.12. The molecule has 4 rings (SSSR count). The normalized spacial score (nSPS) is 10.6. The number of rotatable bonds is 7. The van der Waals surface area contributed by atoms with E-state index in [9.17, 15) is 14.0 Å². The molecule has 1 heterocycles. The van der Waals surface area contributed by atoms with Gasteiger partial charge in [0.05, 0.1) is 19.9 Å². The zero-order valence-corrected chi connectivity index (χ0v) is 19.6. The largest absolute Gasteiger partial charge is 0.488 e. The van der Waals surface area contributed by atoms with Crippen LogP contribution in [0, 0.1) is 5.82 Å². The van der Waals surface area contributed by atoms with E-state index < -0.39 is 17.8 Å². The molecule has 0 saturated carbocycles. The van der Waals surface area contributed by atoms with Crippen molar-refractivity contribution in [3.8, 4) is 22.7 Å². The molecule has 0 N–H and O–H groups in total. The molecule has 0 aliphatic heterocycles. The number of methoxy groups -OCH3 is 2. The molecule has 178 valence electrons. The maximum Gasteiger partial charge on any atom is 0.357 e. The smallest absolute Gasteiger partial charge is 0.357 e. The molecule has 35 heavy (non-hydrogen) atoms. The van der Waals surface area contributed by atoms with E-state index in [2.05, 4.69) is 5.10 Å². The fourth-order valence-electron chi connectivity index (χ4n) is 3.54. The second-order valence-electron chi connectivity index (χ2n) is 7.36. The molecule has 0 spiro atoms. The van der Waals surface area contributed by atoms with Gasteiger partial charge in [-0.1, -0.05) is 41.9 Å². The van der Waals surface area contributed by atoms with Gasteiger partial charge in [-0.25, -0.2) is 18.7 Å². The molecule has 4 aromatic rings. The highest BCUT2D eigenvalue weighted by atomic mass is 35.5. The zero-order chi connectivity index (χ0) is 24.9. The Morgan fingerprint density at radius 3 is 2.37 bits per heavy atom. The highest BCUT2D eigenvalue weighted by Crippen LogP contribution is 2.36. The highest BCUT2D eigenvalue weighted by molar-refractivity contribution is 6.30. The summed E-state index contributed by atoms with van der Waals surface area (Å²) in [5.41, 5.74) is 1.35. The minimum Gasteiger partial charge on any atom is -0.488 e. The fourth-order valence-corrected chi connectivity index (χ4v) is 3.76. The Morgan fingerprint density at radius 1 is 0.943 bits per heavy atom. The molecular formula is C26H20ClFN2O5. The number of benzene rings is 3. The number of aromatic nitrogens is 2. The van der Waals surface area contributed by atoms with Gasteiger partial charge in [0.25, 0.3) is 0 Å². The van der Waals surface area contributed by atoms with Gasteiger partial charge in [-0.15, -0.1) is 0 Å². The quantitative estimate of drug-likeness (QED) is 0.316. The van der Waals surface area contributed by atoms with Gasteiger partial charge in [-0.05, 0) is 42.0 Å². The van der Waals surface area contributed by atoms with Crippen LogP contribution in [0.25, 0.3) is 16.9 Å². The van der Waals surface area contributed by atoms with Crippen LogP contribution in [0.1, 0.15) is 26.4 Å². The first-order chi connectivity index (χ1) is 16.9. The Hall–Kier alpha value is -4.17. The van der Waals surface area contributed by atoms with Crippen LogP contribution in [0.5, 0.6) is 5.75 Å². The third-order valence-corrected chi connectivity index (χ3v) is 5.37. The number of nitrogens with zero attached hydrogens (tertiary/aromatic N) is 2. The molecule has 7 nitrogen and oxygen atoms in total. The first-order valence-corrected chi connectivity index (χ1v) is 10.8. The number of halogens is 2. The van der Waals surface area contributed by atoms with E-state index in [0.717, 1.165) is 5.56 Å². The molecule has 0 amide bonds. The predicted molar refractivity (Wildman–Crippen MR) is 127 cm³/mol. The first-order valence-electron chi connectivity index (χ1n) is 10.4. The molecular weight excluding hydrogens is 475 g/mol. The van der Waals surface area contributed by atoms with Gasteiger partial charge in [-0.3, -0.25) is 0 Å². The number of esters is 2. The summed E-state index contributed by atoms with van der Waals surface area (Å²) in [7, 11) is 2.39. The van der Waals surface area contributed by atoms with Crippen molar-refractivity contribution < 1.29 is 28.2 Å². The summed E-state index contributed by atoms with van der Waals surface area (Å²) in [4.78, 5) is 25.7. The molecule has 0 aliphatic rings. The minimum absolute atomic E-state index is 0.0715. The van der Waals surface area contributed by atoms with Crippen LogP contribution in [0.3, 0.4) is 0 Å². The number of carbonyl (C=O) groups excluding carboxylic acids is 2. The van der Waals surface area contributed by atoms with Gasteiger partial charge in [0, 0.05) is 16.7 Å². The van der Waals surface area contributed by atoms with Gasteiger partial charge in [-0.2, -0.15) is 5.10 Å². The van der Waals surface area contributed by atoms with E-state index in [4.69, 9.17) is 25.8 Å². The molecule has 3 aromatic carbocycles. The van der Waals surface area contributed by atoms with Crippen molar-refractivity contribution in [2.24, 2.45) is 0 Å². The second kappa shape index (κ2) is 10.4. The standard InChI is InChI=1S/C26H20ClFN2O5/c1-33-25(31)22-23(29-30(24(22)26(32)34-2)19-9-4-3-5-10-19)20-12-11-18(28)14-21(20)35-15-16-7-6-8-17(27)13-16/h3-14H,15H2,1-2H3. The average molecular weight is 495 g/mol. The molecule has 9 heteroatoms. The lowest BCUT2D eigenvalue weighted by molar-refractivity contribution is 0.0549. The molecule has 0 radical (unpaired) electrons. The van der Waals surface area contributed by atoms with Crippen LogP contribution in [0.4, 0.5) is 4.39 Å².